The van der Waals surface area contributed by atoms with Gasteiger partial charge in [-0.25, -0.2) is 9.36 Å². The van der Waals surface area contributed by atoms with Crippen molar-refractivity contribution >= 4 is 43.9 Å². The molecular formula is C27H17ClN4O2S. The van der Waals surface area contributed by atoms with E-state index in [9.17, 15) is 9.59 Å². The Kier molecular flexibility index (Phi) is 5.28. The van der Waals surface area contributed by atoms with Crippen LogP contribution in [0.1, 0.15) is 5.56 Å². The first kappa shape index (κ1) is 21.5. The van der Waals surface area contributed by atoms with E-state index in [0.29, 0.717) is 20.9 Å². The van der Waals surface area contributed by atoms with Gasteiger partial charge in [0.15, 0.2) is 0 Å². The van der Waals surface area contributed by atoms with E-state index in [2.05, 4.69) is 9.97 Å². The van der Waals surface area contributed by atoms with Crippen LogP contribution < -0.4 is 11.2 Å². The maximum absolute atomic E-state index is 13.9. The van der Waals surface area contributed by atoms with Crippen LogP contribution >= 0.6 is 22.9 Å². The SMILES string of the molecule is O=c1c2sc(-c3ccccc3Cl)cc2n(Cc2ccncc2)c(=O)n1-c1cncc2ccccc12. The zero-order valence-electron chi connectivity index (χ0n) is 18.3. The van der Waals surface area contributed by atoms with E-state index in [4.69, 9.17) is 11.6 Å². The Labute approximate surface area is 208 Å². The lowest BCUT2D eigenvalue weighted by Crippen LogP contribution is -2.38. The molecule has 6 nitrogen and oxygen atoms in total. The fourth-order valence-electron chi connectivity index (χ4n) is 4.26. The van der Waals surface area contributed by atoms with E-state index in [1.807, 2.05) is 66.7 Å². The first-order valence-corrected chi connectivity index (χ1v) is 12.1. The molecule has 0 unspecified atom stereocenters. The molecule has 8 heteroatoms. The minimum absolute atomic E-state index is 0.287. The molecule has 2 aromatic carbocycles. The third-order valence-electron chi connectivity index (χ3n) is 5.94. The molecule has 35 heavy (non-hydrogen) atoms. The molecule has 0 atom stereocenters. The Morgan fingerprint density at radius 3 is 2.49 bits per heavy atom. The molecule has 0 saturated heterocycles. The van der Waals surface area contributed by atoms with Gasteiger partial charge in [0.25, 0.3) is 5.56 Å². The highest BCUT2D eigenvalue weighted by Crippen LogP contribution is 2.35. The van der Waals surface area contributed by atoms with Crippen LogP contribution in [-0.2, 0) is 6.54 Å². The van der Waals surface area contributed by atoms with Gasteiger partial charge in [0.1, 0.15) is 4.70 Å². The van der Waals surface area contributed by atoms with Crippen molar-refractivity contribution in [3.8, 4) is 16.1 Å². The Bertz CT molecular complexity index is 1840. The summed E-state index contributed by atoms with van der Waals surface area (Å²) in [5.74, 6) is 0. The lowest BCUT2D eigenvalue weighted by atomic mass is 10.1. The molecule has 0 aliphatic heterocycles. The average Bonchev–Trinajstić information content (AvgIpc) is 3.33. The fraction of sp³-hybridized carbons (Fsp3) is 0.0370. The van der Waals surface area contributed by atoms with Crippen molar-refractivity contribution in [2.45, 2.75) is 6.54 Å². The zero-order valence-corrected chi connectivity index (χ0v) is 19.8. The number of aromatic nitrogens is 4. The zero-order chi connectivity index (χ0) is 23.9. The molecule has 0 saturated carbocycles. The van der Waals surface area contributed by atoms with Crippen LogP contribution in [0.4, 0.5) is 0 Å². The monoisotopic (exact) mass is 496 g/mol. The second-order valence-corrected chi connectivity index (χ2v) is 9.51. The number of fused-ring (bicyclic) bond motifs is 2. The molecule has 6 aromatic rings. The second-order valence-electron chi connectivity index (χ2n) is 8.05. The molecular weight excluding hydrogens is 480 g/mol. The van der Waals surface area contributed by atoms with Gasteiger partial charge in [0.2, 0.25) is 0 Å². The molecule has 0 fully saturated rings. The van der Waals surface area contributed by atoms with Crippen molar-refractivity contribution in [1.82, 2.24) is 19.1 Å². The summed E-state index contributed by atoms with van der Waals surface area (Å²) in [6.45, 7) is 0.287. The molecule has 0 bridgehead atoms. The van der Waals surface area contributed by atoms with Crippen LogP contribution in [0.5, 0.6) is 0 Å². The maximum atomic E-state index is 13.9. The number of halogens is 1. The van der Waals surface area contributed by atoms with Crippen LogP contribution in [0.15, 0.2) is 101 Å². The van der Waals surface area contributed by atoms with E-state index in [1.165, 1.54) is 15.9 Å². The number of hydrogen-bond donors (Lipinski definition) is 0. The minimum Gasteiger partial charge on any atom is -0.288 e. The minimum atomic E-state index is -0.430. The van der Waals surface area contributed by atoms with Crippen molar-refractivity contribution in [3.05, 3.63) is 123 Å². The third-order valence-corrected chi connectivity index (χ3v) is 7.42. The number of pyridine rings is 2. The van der Waals surface area contributed by atoms with Crippen molar-refractivity contribution in [2.24, 2.45) is 0 Å². The lowest BCUT2D eigenvalue weighted by Gasteiger charge is -2.13. The summed E-state index contributed by atoms with van der Waals surface area (Å²) >= 11 is 7.79. The van der Waals surface area contributed by atoms with Gasteiger partial charge in [-0.2, -0.15) is 0 Å². The van der Waals surface area contributed by atoms with Crippen LogP contribution in [0.3, 0.4) is 0 Å². The lowest BCUT2D eigenvalue weighted by molar-refractivity contribution is 0.716. The highest BCUT2D eigenvalue weighted by atomic mass is 35.5. The van der Waals surface area contributed by atoms with E-state index in [0.717, 1.165) is 26.8 Å². The van der Waals surface area contributed by atoms with Crippen LogP contribution in [0.25, 0.3) is 37.1 Å². The number of hydrogen-bond acceptors (Lipinski definition) is 5. The Balaban J connectivity index is 1.70. The van der Waals surface area contributed by atoms with E-state index in [-0.39, 0.29) is 12.1 Å². The highest BCUT2D eigenvalue weighted by Gasteiger charge is 2.20. The fourth-order valence-corrected chi connectivity index (χ4v) is 5.68. The number of rotatable bonds is 4. The molecule has 6 rings (SSSR count). The standard InChI is InChI=1S/C27H17ClN4O2S/c28-21-8-4-3-7-20(21)24-13-22-25(35-24)26(33)32(23-15-30-14-18-5-1-2-6-19(18)23)27(34)31(22)16-17-9-11-29-12-10-17/h1-15H,16H2. The van der Waals surface area contributed by atoms with Crippen molar-refractivity contribution in [2.75, 3.05) is 0 Å². The van der Waals surface area contributed by atoms with Gasteiger partial charge in [0, 0.05) is 44.8 Å². The Hall–Kier alpha value is -4.07. The highest BCUT2D eigenvalue weighted by molar-refractivity contribution is 7.22. The summed E-state index contributed by atoms with van der Waals surface area (Å²) < 4.78 is 3.33. The van der Waals surface area contributed by atoms with Gasteiger partial charge in [-0.1, -0.05) is 54.1 Å². The molecule has 0 N–H and O–H groups in total. The largest absolute Gasteiger partial charge is 0.336 e. The van der Waals surface area contributed by atoms with Gasteiger partial charge in [-0.15, -0.1) is 11.3 Å². The van der Waals surface area contributed by atoms with Gasteiger partial charge < -0.3 is 0 Å². The van der Waals surface area contributed by atoms with Crippen molar-refractivity contribution in [1.29, 1.82) is 0 Å². The smallest absolute Gasteiger partial charge is 0.288 e. The number of nitrogens with zero attached hydrogens (tertiary/aromatic N) is 4. The van der Waals surface area contributed by atoms with Crippen LogP contribution in [0.2, 0.25) is 5.02 Å². The molecule has 0 aliphatic rings. The summed E-state index contributed by atoms with van der Waals surface area (Å²) in [5, 5.41) is 2.21. The summed E-state index contributed by atoms with van der Waals surface area (Å²) in [4.78, 5) is 36.9. The van der Waals surface area contributed by atoms with Crippen LogP contribution in [0, 0.1) is 0 Å². The summed E-state index contributed by atoms with van der Waals surface area (Å²) in [6, 6.07) is 20.6. The number of thiophene rings is 1. The molecule has 4 heterocycles. The van der Waals surface area contributed by atoms with Crippen molar-refractivity contribution in [3.63, 3.8) is 0 Å². The van der Waals surface area contributed by atoms with Gasteiger partial charge in [-0.3, -0.25) is 19.3 Å². The topological polar surface area (TPSA) is 69.8 Å². The Morgan fingerprint density at radius 2 is 1.66 bits per heavy atom. The first-order chi connectivity index (χ1) is 17.1. The molecule has 0 amide bonds. The van der Waals surface area contributed by atoms with Crippen LogP contribution in [-0.4, -0.2) is 19.1 Å². The summed E-state index contributed by atoms with van der Waals surface area (Å²) in [5.41, 5.74) is 1.93. The molecule has 0 aliphatic carbocycles. The summed E-state index contributed by atoms with van der Waals surface area (Å²) in [7, 11) is 0. The molecule has 4 aromatic heterocycles. The van der Waals surface area contributed by atoms with Gasteiger partial charge in [0.05, 0.1) is 23.9 Å². The Morgan fingerprint density at radius 1 is 0.886 bits per heavy atom. The third kappa shape index (κ3) is 3.65. The van der Waals surface area contributed by atoms with Crippen molar-refractivity contribution < 1.29 is 0 Å². The summed E-state index contributed by atoms with van der Waals surface area (Å²) in [6.07, 6.45) is 6.66. The first-order valence-electron chi connectivity index (χ1n) is 10.9. The maximum Gasteiger partial charge on any atom is 0.336 e. The van der Waals surface area contributed by atoms with E-state index in [1.54, 1.807) is 29.4 Å². The van der Waals surface area contributed by atoms with E-state index < -0.39 is 5.69 Å². The predicted molar refractivity (Wildman–Crippen MR) is 141 cm³/mol. The van der Waals surface area contributed by atoms with Gasteiger partial charge >= 0.3 is 5.69 Å². The molecule has 0 radical (unpaired) electrons. The normalized spacial score (nSPS) is 11.3. The number of benzene rings is 2. The quantitative estimate of drug-likeness (QED) is 0.322. The van der Waals surface area contributed by atoms with Gasteiger partial charge in [-0.05, 0) is 29.8 Å². The van der Waals surface area contributed by atoms with E-state index >= 15 is 0 Å². The predicted octanol–water partition coefficient (Wildman–Crippen LogP) is 5.53. The second kappa shape index (κ2) is 8.61. The average molecular weight is 497 g/mol. The molecule has 0 spiro atoms. The molecule has 170 valence electrons.